The number of unbranched alkanes of at least 4 members (excludes halogenated alkanes) is 2. The van der Waals surface area contributed by atoms with E-state index in [9.17, 15) is 9.59 Å². The molecule has 0 bridgehead atoms. The monoisotopic (exact) mass is 443 g/mol. The molecule has 5 nitrogen and oxygen atoms in total. The Morgan fingerprint density at radius 3 is 2.61 bits per heavy atom. The van der Waals surface area contributed by atoms with E-state index in [-0.39, 0.29) is 11.7 Å². The fourth-order valence-electron chi connectivity index (χ4n) is 3.55. The lowest BCUT2D eigenvalue weighted by atomic mass is 9.85. The second-order valence-corrected chi connectivity index (χ2v) is 9.04. The van der Waals surface area contributed by atoms with Gasteiger partial charge in [0.05, 0.1) is 24.5 Å². The maximum atomic E-state index is 13.0. The molecular formula is C25H30ClNO4. The number of rotatable bonds is 9. The third kappa shape index (κ3) is 6.01. The summed E-state index contributed by atoms with van der Waals surface area (Å²) in [5.41, 5.74) is 1.51. The van der Waals surface area contributed by atoms with Crippen molar-refractivity contribution in [2.75, 3.05) is 18.5 Å². The standard InChI is InChI=1S/C25H30ClNO4/c1-17-7-12-20-21(28)13-16-31-23(20)22(17)27-24(29)25(2,3)14-5-4-6-15-30-19-10-8-18(26)9-11-19/h7-12H,4-6,13-16H2,1-3H3,(H,27,29). The summed E-state index contributed by atoms with van der Waals surface area (Å²) < 4.78 is 11.4. The van der Waals surface area contributed by atoms with Crippen LogP contribution in [0.4, 0.5) is 5.69 Å². The van der Waals surface area contributed by atoms with Crippen LogP contribution in [0.2, 0.25) is 5.02 Å². The predicted molar refractivity (Wildman–Crippen MR) is 123 cm³/mol. The van der Waals surface area contributed by atoms with E-state index in [0.29, 0.717) is 41.7 Å². The van der Waals surface area contributed by atoms with Gasteiger partial charge in [0.1, 0.15) is 5.75 Å². The fourth-order valence-corrected chi connectivity index (χ4v) is 3.68. The van der Waals surface area contributed by atoms with Crippen LogP contribution in [0.5, 0.6) is 11.5 Å². The van der Waals surface area contributed by atoms with Gasteiger partial charge >= 0.3 is 0 Å². The zero-order valence-corrected chi connectivity index (χ0v) is 19.2. The molecule has 31 heavy (non-hydrogen) atoms. The van der Waals surface area contributed by atoms with E-state index < -0.39 is 5.41 Å². The van der Waals surface area contributed by atoms with Gasteiger partial charge in [0.15, 0.2) is 11.5 Å². The van der Waals surface area contributed by atoms with Crippen LogP contribution in [0.3, 0.4) is 0 Å². The number of carbonyl (C=O) groups is 2. The lowest BCUT2D eigenvalue weighted by molar-refractivity contribution is -0.124. The van der Waals surface area contributed by atoms with Gasteiger partial charge in [-0.3, -0.25) is 9.59 Å². The van der Waals surface area contributed by atoms with Gasteiger partial charge in [-0.1, -0.05) is 44.4 Å². The van der Waals surface area contributed by atoms with Crippen molar-refractivity contribution in [3.63, 3.8) is 0 Å². The molecule has 0 aromatic heterocycles. The van der Waals surface area contributed by atoms with Gasteiger partial charge in [-0.2, -0.15) is 0 Å². The van der Waals surface area contributed by atoms with Crippen molar-refractivity contribution in [3.05, 3.63) is 52.5 Å². The van der Waals surface area contributed by atoms with Gasteiger partial charge in [0.2, 0.25) is 5.91 Å². The summed E-state index contributed by atoms with van der Waals surface area (Å²) in [4.78, 5) is 25.2. The largest absolute Gasteiger partial charge is 0.494 e. The number of amides is 1. The minimum atomic E-state index is -0.537. The molecule has 166 valence electrons. The third-order valence-corrected chi connectivity index (χ3v) is 5.88. The summed E-state index contributed by atoms with van der Waals surface area (Å²) in [6.07, 6.45) is 3.94. The number of anilines is 1. The van der Waals surface area contributed by atoms with E-state index in [1.807, 2.05) is 51.1 Å². The van der Waals surface area contributed by atoms with E-state index in [4.69, 9.17) is 21.1 Å². The normalized spacial score (nSPS) is 13.4. The molecule has 1 aliphatic heterocycles. The van der Waals surface area contributed by atoms with Crippen LogP contribution in [0.15, 0.2) is 36.4 Å². The first-order valence-corrected chi connectivity index (χ1v) is 11.1. The van der Waals surface area contributed by atoms with Crippen molar-refractivity contribution in [1.29, 1.82) is 0 Å². The predicted octanol–water partition coefficient (Wildman–Crippen LogP) is 6.22. The molecule has 0 saturated carbocycles. The van der Waals surface area contributed by atoms with Crippen molar-refractivity contribution >= 4 is 29.0 Å². The van der Waals surface area contributed by atoms with Crippen molar-refractivity contribution < 1.29 is 19.1 Å². The van der Waals surface area contributed by atoms with Crippen LogP contribution in [0.1, 0.15) is 61.9 Å². The Balaban J connectivity index is 1.48. The highest BCUT2D eigenvalue weighted by Gasteiger charge is 2.30. The average molecular weight is 444 g/mol. The van der Waals surface area contributed by atoms with Crippen molar-refractivity contribution in [1.82, 2.24) is 0 Å². The molecule has 0 atom stereocenters. The second-order valence-electron chi connectivity index (χ2n) is 8.61. The molecule has 0 saturated heterocycles. The third-order valence-electron chi connectivity index (χ3n) is 5.62. The molecule has 2 aromatic rings. The molecule has 1 amide bonds. The van der Waals surface area contributed by atoms with Crippen LogP contribution < -0.4 is 14.8 Å². The summed E-state index contributed by atoms with van der Waals surface area (Å²) in [6.45, 7) is 6.78. The summed E-state index contributed by atoms with van der Waals surface area (Å²) in [5.74, 6) is 1.30. The molecule has 1 aliphatic rings. The number of fused-ring (bicyclic) bond motifs is 1. The van der Waals surface area contributed by atoms with Crippen LogP contribution in [0.25, 0.3) is 0 Å². The Hall–Kier alpha value is -2.53. The Morgan fingerprint density at radius 2 is 1.87 bits per heavy atom. The minimum Gasteiger partial charge on any atom is -0.494 e. The van der Waals surface area contributed by atoms with Crippen LogP contribution in [-0.4, -0.2) is 24.9 Å². The van der Waals surface area contributed by atoms with E-state index in [0.717, 1.165) is 37.0 Å². The molecule has 0 fully saturated rings. The highest BCUT2D eigenvalue weighted by molar-refractivity contribution is 6.30. The number of carbonyl (C=O) groups excluding carboxylic acids is 2. The van der Waals surface area contributed by atoms with E-state index >= 15 is 0 Å². The lowest BCUT2D eigenvalue weighted by Gasteiger charge is -2.26. The average Bonchev–Trinajstić information content (AvgIpc) is 2.74. The molecule has 1 N–H and O–H groups in total. The zero-order chi connectivity index (χ0) is 22.4. The van der Waals surface area contributed by atoms with Crippen LogP contribution in [-0.2, 0) is 4.79 Å². The maximum Gasteiger partial charge on any atom is 0.230 e. The van der Waals surface area contributed by atoms with Crippen molar-refractivity contribution in [3.8, 4) is 11.5 Å². The Kier molecular flexibility index (Phi) is 7.60. The summed E-state index contributed by atoms with van der Waals surface area (Å²) in [7, 11) is 0. The molecule has 6 heteroatoms. The molecular weight excluding hydrogens is 414 g/mol. The first-order valence-electron chi connectivity index (χ1n) is 10.8. The number of ether oxygens (including phenoxy) is 2. The SMILES string of the molecule is Cc1ccc2c(c1NC(=O)C(C)(C)CCCCCOc1ccc(Cl)cc1)OCCC2=O. The first-order chi connectivity index (χ1) is 14.8. The Bertz CT molecular complexity index is 937. The van der Waals surface area contributed by atoms with E-state index in [1.165, 1.54) is 0 Å². The van der Waals surface area contributed by atoms with Gasteiger partial charge in [-0.25, -0.2) is 0 Å². The lowest BCUT2D eigenvalue weighted by Crippen LogP contribution is -2.31. The van der Waals surface area contributed by atoms with Gasteiger partial charge in [-0.05, 0) is 55.7 Å². The molecule has 0 spiro atoms. The minimum absolute atomic E-state index is 0.0526. The smallest absolute Gasteiger partial charge is 0.230 e. The first kappa shape index (κ1) is 23.1. The second kappa shape index (κ2) is 10.2. The van der Waals surface area contributed by atoms with Gasteiger partial charge in [0, 0.05) is 16.9 Å². The summed E-state index contributed by atoms with van der Waals surface area (Å²) in [5, 5.41) is 3.72. The molecule has 0 radical (unpaired) electrons. The molecule has 1 heterocycles. The van der Waals surface area contributed by atoms with Crippen LogP contribution in [0, 0.1) is 12.3 Å². The molecule has 0 aliphatic carbocycles. The highest BCUT2D eigenvalue weighted by Crippen LogP contribution is 2.37. The zero-order valence-electron chi connectivity index (χ0n) is 18.4. The summed E-state index contributed by atoms with van der Waals surface area (Å²) >= 11 is 5.87. The van der Waals surface area contributed by atoms with Gasteiger partial charge in [0.25, 0.3) is 0 Å². The number of aryl methyl sites for hydroxylation is 1. The topological polar surface area (TPSA) is 64.6 Å². The van der Waals surface area contributed by atoms with Crippen molar-refractivity contribution in [2.45, 2.75) is 52.9 Å². The van der Waals surface area contributed by atoms with Gasteiger partial charge in [-0.15, -0.1) is 0 Å². The number of ketones is 1. The molecule has 3 rings (SSSR count). The fraction of sp³-hybridized carbons (Fsp3) is 0.440. The number of benzene rings is 2. The van der Waals surface area contributed by atoms with E-state index in [2.05, 4.69) is 5.32 Å². The Labute approximate surface area is 189 Å². The molecule has 0 unspecified atom stereocenters. The van der Waals surface area contributed by atoms with Gasteiger partial charge < -0.3 is 14.8 Å². The van der Waals surface area contributed by atoms with Crippen molar-refractivity contribution in [2.24, 2.45) is 5.41 Å². The highest BCUT2D eigenvalue weighted by atomic mass is 35.5. The maximum absolute atomic E-state index is 13.0. The Morgan fingerprint density at radius 1 is 1.13 bits per heavy atom. The quantitative estimate of drug-likeness (QED) is 0.467. The molecule has 2 aromatic carbocycles. The summed E-state index contributed by atoms with van der Waals surface area (Å²) in [6, 6.07) is 11.0. The number of nitrogens with one attached hydrogen (secondary N) is 1. The number of hydrogen-bond donors (Lipinski definition) is 1. The number of hydrogen-bond acceptors (Lipinski definition) is 4. The number of halogens is 1. The van der Waals surface area contributed by atoms with Crippen LogP contribution >= 0.6 is 11.6 Å². The number of Topliss-reactive ketones (excluding diaryl/α,β-unsaturated/α-hetero) is 1. The van der Waals surface area contributed by atoms with E-state index in [1.54, 1.807) is 6.07 Å².